The minimum absolute atomic E-state index is 0.518. The molecule has 9 aromatic rings. The molecule has 0 spiro atoms. The molecule has 3 aliphatic heterocycles. The summed E-state index contributed by atoms with van der Waals surface area (Å²) in [6.45, 7) is 16.8. The third-order valence-corrected chi connectivity index (χ3v) is 12.7. The van der Waals surface area contributed by atoms with E-state index in [4.69, 9.17) is 64.4 Å². The number of nitrogens with zero attached hydrogens (tertiary/aromatic N) is 3. The van der Waals surface area contributed by atoms with Crippen molar-refractivity contribution >= 4 is 91.5 Å². The van der Waals surface area contributed by atoms with Gasteiger partial charge in [0.1, 0.15) is 51.7 Å². The average molecular weight is 1760 g/mol. The van der Waals surface area contributed by atoms with Crippen LogP contribution in [0.3, 0.4) is 0 Å². The van der Waals surface area contributed by atoms with Gasteiger partial charge in [-0.3, -0.25) is 11.5 Å². The first-order valence-electron chi connectivity index (χ1n) is 27.8. The van der Waals surface area contributed by atoms with Crippen LogP contribution in [0.5, 0.6) is 34.5 Å². The van der Waals surface area contributed by atoms with Crippen molar-refractivity contribution in [1.29, 1.82) is 0 Å². The van der Waals surface area contributed by atoms with E-state index < -0.39 is 19.6 Å². The summed E-state index contributed by atoms with van der Waals surface area (Å²) >= 11 is 21.1. The third-order valence-electron chi connectivity index (χ3n) is 12.1. The molecular weight excluding hydrogens is 1690 g/mol. The van der Waals surface area contributed by atoms with Crippen LogP contribution in [0.4, 0.5) is 0 Å². The molecule has 0 radical (unpaired) electrons. The second kappa shape index (κ2) is 39.3. The number of fused-ring (bicyclic) bond motifs is 3. The normalized spacial score (nSPS) is 12.1. The summed E-state index contributed by atoms with van der Waals surface area (Å²) in [7, 11) is -0.518. The summed E-state index contributed by atoms with van der Waals surface area (Å²) < 4.78 is 50.7. The number of hydrogen-bond donors (Lipinski definition) is 0. The van der Waals surface area contributed by atoms with Crippen molar-refractivity contribution in [2.45, 2.75) is 105 Å². The van der Waals surface area contributed by atoms with Crippen LogP contribution in [-0.2, 0) is 53.8 Å². The van der Waals surface area contributed by atoms with Gasteiger partial charge in [0.15, 0.2) is 0 Å². The van der Waals surface area contributed by atoms with E-state index in [-0.39, 0.29) is 0 Å². The van der Waals surface area contributed by atoms with E-state index >= 15 is 0 Å². The number of benzene rings is 6. The maximum atomic E-state index is 6.86. The first-order chi connectivity index (χ1) is 41.2. The quantitative estimate of drug-likeness (QED) is 0.0583. The SMILES string of the molecule is CCCCc1[c-]c(-c2ccccc2)no1.CCCCc1onc(-c2ccccc2)c1B1Oc2ccccc2O1.CCCCc1onc(-c2ccccc2)c1[B-]1(Cl)Oc2ccccc2O1.ClB1Oc2ccccc2O1.[CH2-]CC.[CH2-]CC.[I][Au].[I][Au]. The summed E-state index contributed by atoms with van der Waals surface area (Å²) in [6.07, 6.45) is 10.9. The summed E-state index contributed by atoms with van der Waals surface area (Å²) in [5.41, 5.74) is 6.86. The predicted molar refractivity (Wildman–Crippen MR) is 351 cm³/mol. The van der Waals surface area contributed by atoms with E-state index in [0.717, 1.165) is 133 Å². The van der Waals surface area contributed by atoms with E-state index in [1.54, 1.807) is 0 Å². The summed E-state index contributed by atoms with van der Waals surface area (Å²) in [5, 5.41) is 12.6. The Labute approximate surface area is 551 Å². The monoisotopic (exact) mass is 1760 g/mol. The zero-order chi connectivity index (χ0) is 60.5. The van der Waals surface area contributed by atoms with Gasteiger partial charge in [-0.25, -0.2) is 0 Å². The second-order valence-corrected chi connectivity index (χ2v) is 19.4. The van der Waals surface area contributed by atoms with Gasteiger partial charge in [-0.1, -0.05) is 197 Å². The number of aryl methyl sites for hydroxylation is 3. The molecule has 0 saturated heterocycles. The van der Waals surface area contributed by atoms with Crippen LogP contribution in [0.2, 0.25) is 0 Å². The predicted octanol–water partition coefficient (Wildman–Crippen LogP) is 17.8. The molecule has 3 aromatic heterocycles. The topological polar surface area (TPSA) is 133 Å². The van der Waals surface area contributed by atoms with Crippen LogP contribution in [0.1, 0.15) is 103 Å². The molecule has 12 nitrogen and oxygen atoms in total. The first kappa shape index (κ1) is 70.2. The number of rotatable bonds is 14. The van der Waals surface area contributed by atoms with Crippen molar-refractivity contribution < 1.29 is 76.0 Å². The van der Waals surface area contributed by atoms with Gasteiger partial charge in [0.05, 0.1) is 11.2 Å². The van der Waals surface area contributed by atoms with Gasteiger partial charge < -0.3 is 55.3 Å². The molecule has 84 heavy (non-hydrogen) atoms. The minimum atomic E-state index is -2.26. The molecule has 452 valence electrons. The van der Waals surface area contributed by atoms with E-state index in [0.29, 0.717) is 34.2 Å². The van der Waals surface area contributed by atoms with Crippen molar-refractivity contribution in [2.24, 2.45) is 0 Å². The Morgan fingerprint density at radius 3 is 1.31 bits per heavy atom. The van der Waals surface area contributed by atoms with Gasteiger partial charge in [0.25, 0.3) is 0 Å². The van der Waals surface area contributed by atoms with Crippen LogP contribution >= 0.6 is 61.0 Å². The van der Waals surface area contributed by atoms with E-state index in [1.807, 2.05) is 178 Å². The number of para-hydroxylation sites is 6. The van der Waals surface area contributed by atoms with E-state index in [1.165, 1.54) is 0 Å². The third kappa shape index (κ3) is 20.8. The van der Waals surface area contributed by atoms with E-state index in [9.17, 15) is 0 Å². The Morgan fingerprint density at radius 2 is 0.845 bits per heavy atom. The van der Waals surface area contributed by atoms with E-state index in [2.05, 4.69) is 129 Å². The van der Waals surface area contributed by atoms with Crippen molar-refractivity contribution in [3.05, 3.63) is 201 Å². The van der Waals surface area contributed by atoms with Crippen molar-refractivity contribution in [2.75, 3.05) is 0 Å². The zero-order valence-electron chi connectivity index (χ0n) is 47.6. The molecule has 0 fully saturated rings. The maximum absolute atomic E-state index is 6.86. The molecule has 0 N–H and O–H groups in total. The zero-order valence-corrected chi connectivity index (χ0v) is 57.8. The Balaban J connectivity index is 0.000000202. The number of unbranched alkanes of at least 4 members (excludes halogenated alkanes) is 3. The summed E-state index contributed by atoms with van der Waals surface area (Å²) in [6, 6.07) is 55.6. The van der Waals surface area contributed by atoms with Crippen LogP contribution < -0.4 is 38.9 Å². The van der Waals surface area contributed by atoms with Crippen LogP contribution in [0.25, 0.3) is 33.8 Å². The van der Waals surface area contributed by atoms with Gasteiger partial charge in [-0.15, -0.1) is 22.9 Å². The van der Waals surface area contributed by atoms with Gasteiger partial charge in [0.2, 0.25) is 0 Å². The fourth-order valence-corrected chi connectivity index (χ4v) is 8.96. The molecular formula is C63H68Au2B3Cl2I2N3O9-4. The Hall–Kier alpha value is -4.53. The second-order valence-electron chi connectivity index (χ2n) is 18.5. The summed E-state index contributed by atoms with van der Waals surface area (Å²) in [4.78, 5) is 0. The molecule has 6 heterocycles. The number of halogens is 4. The van der Waals surface area contributed by atoms with Crippen molar-refractivity contribution in [1.82, 2.24) is 15.5 Å². The first-order valence-corrected chi connectivity index (χ1v) is 40.9. The molecule has 0 unspecified atom stereocenters. The molecule has 21 heteroatoms. The van der Waals surface area contributed by atoms with Gasteiger partial charge in [0, 0.05) is 29.7 Å². The van der Waals surface area contributed by atoms with Gasteiger partial charge in [-0.2, -0.15) is 18.9 Å². The molecule has 3 aliphatic rings. The average Bonchev–Trinajstić information content (AvgIpc) is 2.62. The van der Waals surface area contributed by atoms with Gasteiger partial charge >= 0.3 is 92.2 Å². The molecule has 12 rings (SSSR count). The van der Waals surface area contributed by atoms with Crippen LogP contribution in [0, 0.1) is 19.9 Å². The van der Waals surface area contributed by atoms with Crippen molar-refractivity contribution in [3.63, 3.8) is 0 Å². The van der Waals surface area contributed by atoms with Gasteiger partial charge in [-0.05, 0) is 67.5 Å². The molecule has 0 atom stereocenters. The molecule has 0 bridgehead atoms. The molecule has 0 saturated carbocycles. The fraction of sp³-hybridized carbons (Fsp3) is 0.254. The van der Waals surface area contributed by atoms with Crippen LogP contribution in [-0.4, -0.2) is 35.1 Å². The molecule has 0 amide bonds. The summed E-state index contributed by atoms with van der Waals surface area (Å²) in [5.74, 6) is 4.37. The Morgan fingerprint density at radius 1 is 0.476 bits per heavy atom. The van der Waals surface area contributed by atoms with Crippen molar-refractivity contribution in [3.8, 4) is 68.3 Å². The molecule has 0 aliphatic carbocycles. The Bertz CT molecular complexity index is 3170. The molecule has 6 aromatic carbocycles. The standard InChI is InChI=1S/C19H18BClNO3.C19H18BNO3.C13H14NO.C6H4BClO2.2C3H7.2Au.2HI/c1-2-3-11-17-18(19(22-25-17)14-9-5-4-6-10-14)20(21)23-15-12-7-8-13-16(15)24-20;1-2-3-11-17-18(19(21-24-17)14-9-5-4-6-10-14)20-22-15-12-7-8-13-16(15)23-20;1-2-3-9-12-10-13(14-15-12)11-7-5-4-6-8-11;8-7-9-5-3-1-2-4-6(5)10-7;2*1-3-2;;;;/h4-10,12-13H,2-3,11H2,1H3;4-10,12-13H,2-3,11H2,1H3;4-8H,2-3,9H2,1H3;1-4H;2*1,3H2,2H3;;;2*1H/q-1;;-1;;2*-1;2*+1;;/p-2. The fourth-order valence-electron chi connectivity index (χ4n) is 8.35. The van der Waals surface area contributed by atoms with Crippen LogP contribution in [0.15, 0.2) is 177 Å². The number of hydrogen-bond acceptors (Lipinski definition) is 12. The Kier molecular flexibility index (Phi) is 32.9. The number of aromatic nitrogens is 3.